The molecule has 0 aliphatic carbocycles. The van der Waals surface area contributed by atoms with Gasteiger partial charge in [-0.05, 0) is 48.6 Å². The molecule has 2 heterocycles. The van der Waals surface area contributed by atoms with Gasteiger partial charge < -0.3 is 5.32 Å². The molecule has 3 rings (SSSR count). The van der Waals surface area contributed by atoms with Gasteiger partial charge in [0.2, 0.25) is 10.0 Å². The zero-order chi connectivity index (χ0) is 16.4. The molecule has 0 unspecified atom stereocenters. The lowest BCUT2D eigenvalue weighted by molar-refractivity contribution is 0.0963. The third-order valence-corrected chi connectivity index (χ3v) is 6.92. The summed E-state index contributed by atoms with van der Waals surface area (Å²) in [6, 6.07) is 9.94. The first-order valence-corrected chi connectivity index (χ1v) is 9.73. The highest BCUT2D eigenvalue weighted by atomic mass is 32.2. The molecule has 1 aromatic carbocycles. The van der Waals surface area contributed by atoms with Crippen LogP contribution in [-0.4, -0.2) is 32.2 Å². The van der Waals surface area contributed by atoms with Crippen molar-refractivity contribution >= 4 is 27.3 Å². The zero-order valence-corrected chi connectivity index (χ0v) is 14.4. The maximum atomic E-state index is 12.9. The lowest BCUT2D eigenvalue weighted by atomic mass is 10.2. The molecule has 1 N–H and O–H groups in total. The van der Waals surface area contributed by atoms with E-state index in [2.05, 4.69) is 5.32 Å². The van der Waals surface area contributed by atoms with E-state index in [1.54, 1.807) is 34.8 Å². The van der Waals surface area contributed by atoms with Gasteiger partial charge in [-0.1, -0.05) is 6.07 Å². The number of amides is 1. The zero-order valence-electron chi connectivity index (χ0n) is 12.7. The van der Waals surface area contributed by atoms with Crippen molar-refractivity contribution in [3.05, 3.63) is 52.2 Å². The summed E-state index contributed by atoms with van der Waals surface area (Å²) in [6.07, 6.45) is 1.70. The fourth-order valence-corrected chi connectivity index (χ4v) is 5.47. The minimum atomic E-state index is -3.55. The van der Waals surface area contributed by atoms with Crippen molar-refractivity contribution in [1.29, 1.82) is 0 Å². The first-order chi connectivity index (χ1) is 11.0. The highest BCUT2D eigenvalue weighted by molar-refractivity contribution is 7.89. The minimum Gasteiger partial charge on any atom is -0.355 e. The molecule has 1 aliphatic rings. The average molecular weight is 350 g/mol. The Kier molecular flexibility index (Phi) is 4.52. The van der Waals surface area contributed by atoms with E-state index in [0.29, 0.717) is 12.1 Å². The summed E-state index contributed by atoms with van der Waals surface area (Å²) >= 11 is 1.59. The molecule has 0 saturated carbocycles. The molecule has 1 aliphatic heterocycles. The van der Waals surface area contributed by atoms with Gasteiger partial charge in [0.1, 0.15) is 0 Å². The van der Waals surface area contributed by atoms with E-state index in [-0.39, 0.29) is 16.8 Å². The van der Waals surface area contributed by atoms with Crippen LogP contribution in [0.3, 0.4) is 0 Å². The molecule has 1 fully saturated rings. The van der Waals surface area contributed by atoms with Crippen molar-refractivity contribution in [3.63, 3.8) is 0 Å². The Labute approximate surface area is 140 Å². The lowest BCUT2D eigenvalue weighted by Crippen LogP contribution is -2.30. The fraction of sp³-hybridized carbons (Fsp3) is 0.312. The van der Waals surface area contributed by atoms with Gasteiger partial charge in [0.05, 0.1) is 10.9 Å². The van der Waals surface area contributed by atoms with Gasteiger partial charge in [0.15, 0.2) is 0 Å². The summed E-state index contributed by atoms with van der Waals surface area (Å²) in [6.45, 7) is 0.530. The van der Waals surface area contributed by atoms with Crippen LogP contribution >= 0.6 is 11.3 Å². The van der Waals surface area contributed by atoms with Crippen LogP contribution in [0.2, 0.25) is 0 Å². The normalized spacial score (nSPS) is 18.9. The second kappa shape index (κ2) is 6.43. The number of carbonyl (C=O) groups excluding carboxylic acids is 1. The number of carbonyl (C=O) groups is 1. The molecule has 1 aromatic heterocycles. The maximum Gasteiger partial charge on any atom is 0.251 e. The predicted molar refractivity (Wildman–Crippen MR) is 90.0 cm³/mol. The molecule has 23 heavy (non-hydrogen) atoms. The number of benzene rings is 1. The summed E-state index contributed by atoms with van der Waals surface area (Å²) in [7, 11) is -2.01. The lowest BCUT2D eigenvalue weighted by Gasteiger charge is -2.23. The standard InChI is InChI=1S/C16H18N2O3S2/c1-17-16(19)12-6-8-13(9-7-12)23(20,21)18-10-2-4-14(18)15-5-3-11-22-15/h3,5-9,11,14H,2,4,10H2,1H3,(H,17,19)/t14-/m0/s1. The van der Waals surface area contributed by atoms with Gasteiger partial charge in [-0.2, -0.15) is 4.31 Å². The third kappa shape index (κ3) is 3.04. The quantitative estimate of drug-likeness (QED) is 0.922. The predicted octanol–water partition coefficient (Wildman–Crippen LogP) is 2.63. The van der Waals surface area contributed by atoms with Crippen LogP contribution < -0.4 is 5.32 Å². The molecule has 2 aromatic rings. The van der Waals surface area contributed by atoms with Crippen LogP contribution in [0.25, 0.3) is 0 Å². The van der Waals surface area contributed by atoms with E-state index in [9.17, 15) is 13.2 Å². The highest BCUT2D eigenvalue weighted by Crippen LogP contribution is 2.38. The third-order valence-electron chi connectivity index (χ3n) is 4.03. The van der Waals surface area contributed by atoms with Crippen LogP contribution in [0.1, 0.15) is 34.1 Å². The van der Waals surface area contributed by atoms with Gasteiger partial charge in [-0.15, -0.1) is 11.3 Å². The van der Waals surface area contributed by atoms with Crippen molar-refractivity contribution in [1.82, 2.24) is 9.62 Å². The molecular formula is C16H18N2O3S2. The monoisotopic (exact) mass is 350 g/mol. The summed E-state index contributed by atoms with van der Waals surface area (Å²) < 4.78 is 27.4. The van der Waals surface area contributed by atoms with E-state index < -0.39 is 10.0 Å². The van der Waals surface area contributed by atoms with Crippen LogP contribution in [0.15, 0.2) is 46.7 Å². The number of hydrogen-bond acceptors (Lipinski definition) is 4. The Morgan fingerprint density at radius 2 is 2.00 bits per heavy atom. The molecule has 5 nitrogen and oxygen atoms in total. The van der Waals surface area contributed by atoms with E-state index in [0.717, 1.165) is 17.7 Å². The van der Waals surface area contributed by atoms with Crippen molar-refractivity contribution in [2.24, 2.45) is 0 Å². The maximum absolute atomic E-state index is 12.9. The molecule has 0 spiro atoms. The van der Waals surface area contributed by atoms with Crippen molar-refractivity contribution in [2.45, 2.75) is 23.8 Å². The highest BCUT2D eigenvalue weighted by Gasteiger charge is 2.36. The van der Waals surface area contributed by atoms with Gasteiger partial charge in [-0.3, -0.25) is 4.79 Å². The van der Waals surface area contributed by atoms with Crippen LogP contribution in [0, 0.1) is 0 Å². The first-order valence-electron chi connectivity index (χ1n) is 7.41. The number of nitrogens with zero attached hydrogens (tertiary/aromatic N) is 1. The van der Waals surface area contributed by atoms with E-state index in [1.807, 2.05) is 17.5 Å². The Hall–Kier alpha value is -1.70. The summed E-state index contributed by atoms with van der Waals surface area (Å²) in [4.78, 5) is 12.9. The fourth-order valence-electron chi connectivity index (χ4n) is 2.85. The first kappa shape index (κ1) is 16.2. The SMILES string of the molecule is CNC(=O)c1ccc(S(=O)(=O)N2CCC[C@H]2c2cccs2)cc1. The van der Waals surface area contributed by atoms with Gasteiger partial charge in [0.25, 0.3) is 5.91 Å². The van der Waals surface area contributed by atoms with Gasteiger partial charge in [-0.25, -0.2) is 8.42 Å². The number of nitrogens with one attached hydrogen (secondary N) is 1. The number of rotatable bonds is 4. The number of thiophene rings is 1. The van der Waals surface area contributed by atoms with Crippen molar-refractivity contribution in [3.8, 4) is 0 Å². The molecule has 1 saturated heterocycles. The average Bonchev–Trinajstić information content (AvgIpc) is 3.24. The Bertz CT molecular complexity index is 783. The largest absolute Gasteiger partial charge is 0.355 e. The van der Waals surface area contributed by atoms with E-state index in [4.69, 9.17) is 0 Å². The van der Waals surface area contributed by atoms with Crippen LogP contribution in [0.5, 0.6) is 0 Å². The minimum absolute atomic E-state index is 0.0846. The molecule has 1 atom stereocenters. The molecule has 1 amide bonds. The van der Waals surface area contributed by atoms with E-state index >= 15 is 0 Å². The summed E-state index contributed by atoms with van der Waals surface area (Å²) in [5.41, 5.74) is 0.447. The Morgan fingerprint density at radius 3 is 2.61 bits per heavy atom. The topological polar surface area (TPSA) is 66.5 Å². The van der Waals surface area contributed by atoms with Crippen LogP contribution in [-0.2, 0) is 10.0 Å². The van der Waals surface area contributed by atoms with Crippen molar-refractivity contribution in [2.75, 3.05) is 13.6 Å². The number of sulfonamides is 1. The van der Waals surface area contributed by atoms with E-state index in [1.165, 1.54) is 12.1 Å². The molecule has 0 bridgehead atoms. The summed E-state index contributed by atoms with van der Waals surface area (Å²) in [5.74, 6) is -0.230. The number of hydrogen-bond donors (Lipinski definition) is 1. The smallest absolute Gasteiger partial charge is 0.251 e. The van der Waals surface area contributed by atoms with Gasteiger partial charge in [0, 0.05) is 24.0 Å². The molecular weight excluding hydrogens is 332 g/mol. The Morgan fingerprint density at radius 1 is 1.26 bits per heavy atom. The molecule has 7 heteroatoms. The second-order valence-electron chi connectivity index (χ2n) is 5.39. The second-order valence-corrected chi connectivity index (χ2v) is 8.26. The Balaban J connectivity index is 1.90. The van der Waals surface area contributed by atoms with Crippen LogP contribution in [0.4, 0.5) is 0 Å². The molecule has 0 radical (unpaired) electrons. The van der Waals surface area contributed by atoms with Crippen molar-refractivity contribution < 1.29 is 13.2 Å². The summed E-state index contributed by atoms with van der Waals surface area (Å²) in [5, 5.41) is 4.49. The molecule has 122 valence electrons. The van der Waals surface area contributed by atoms with Gasteiger partial charge >= 0.3 is 0 Å².